The Balaban J connectivity index is 1.87. The first kappa shape index (κ1) is 22.5. The average molecular weight is 434 g/mol. The number of aromatic nitrogens is 2. The number of methoxy groups -OCH3 is 1. The summed E-state index contributed by atoms with van der Waals surface area (Å²) in [6.45, 7) is 1.59. The van der Waals surface area contributed by atoms with Gasteiger partial charge in [-0.1, -0.05) is 0 Å². The maximum Gasteiger partial charge on any atom is 0.243 e. The van der Waals surface area contributed by atoms with Crippen molar-refractivity contribution in [3.8, 4) is 5.75 Å². The van der Waals surface area contributed by atoms with Crippen molar-refractivity contribution in [2.75, 3.05) is 53.3 Å². The Kier molecular flexibility index (Phi) is 6.95. The van der Waals surface area contributed by atoms with E-state index >= 15 is 0 Å². The largest absolute Gasteiger partial charge is 0.497 e. The highest BCUT2D eigenvalue weighted by atomic mass is 32.2. The molecule has 0 saturated carbocycles. The monoisotopic (exact) mass is 433 g/mol. The minimum atomic E-state index is -3.58. The van der Waals surface area contributed by atoms with E-state index in [0.29, 0.717) is 31.2 Å². The molecule has 1 aliphatic heterocycles. The topological polar surface area (TPSA) is 78.9 Å². The van der Waals surface area contributed by atoms with Crippen LogP contribution >= 0.6 is 0 Å². The standard InChI is InChI=1S/C21H31N5O3S/c1-24(2)15-17-13-20(25(3)4)23-21(22-17)16-7-6-12-26(14-16)30(27,28)19-10-8-18(29-5)9-11-19/h8-11,13,16H,6-7,12,14-15H2,1-5H3. The smallest absolute Gasteiger partial charge is 0.243 e. The van der Waals surface area contributed by atoms with E-state index in [1.165, 1.54) is 0 Å². The summed E-state index contributed by atoms with van der Waals surface area (Å²) in [4.78, 5) is 13.8. The van der Waals surface area contributed by atoms with Gasteiger partial charge in [-0.3, -0.25) is 0 Å². The van der Waals surface area contributed by atoms with Gasteiger partial charge in [0, 0.05) is 45.7 Å². The van der Waals surface area contributed by atoms with Crippen molar-refractivity contribution in [3.63, 3.8) is 0 Å². The summed E-state index contributed by atoms with van der Waals surface area (Å²) in [5.41, 5.74) is 0.934. The zero-order chi connectivity index (χ0) is 21.9. The van der Waals surface area contributed by atoms with Crippen molar-refractivity contribution in [1.29, 1.82) is 0 Å². The van der Waals surface area contributed by atoms with E-state index in [2.05, 4.69) is 4.90 Å². The molecule has 0 aliphatic carbocycles. The van der Waals surface area contributed by atoms with Crippen LogP contribution in [0.5, 0.6) is 5.75 Å². The number of anilines is 1. The molecule has 1 saturated heterocycles. The molecule has 1 fully saturated rings. The molecular formula is C21H31N5O3S. The van der Waals surface area contributed by atoms with Crippen LogP contribution in [0.2, 0.25) is 0 Å². The molecule has 3 rings (SSSR count). The summed E-state index contributed by atoms with van der Waals surface area (Å²) >= 11 is 0. The average Bonchev–Trinajstić information content (AvgIpc) is 2.73. The van der Waals surface area contributed by atoms with Crippen molar-refractivity contribution in [2.24, 2.45) is 0 Å². The van der Waals surface area contributed by atoms with Gasteiger partial charge in [-0.15, -0.1) is 0 Å². The van der Waals surface area contributed by atoms with E-state index in [9.17, 15) is 8.42 Å². The Hall–Kier alpha value is -2.23. The van der Waals surface area contributed by atoms with Crippen LogP contribution in [0.1, 0.15) is 30.3 Å². The molecule has 1 aromatic heterocycles. The van der Waals surface area contributed by atoms with Crippen molar-refractivity contribution in [1.82, 2.24) is 19.2 Å². The van der Waals surface area contributed by atoms with Gasteiger partial charge >= 0.3 is 0 Å². The first-order valence-electron chi connectivity index (χ1n) is 10.0. The number of benzene rings is 1. The molecule has 30 heavy (non-hydrogen) atoms. The SMILES string of the molecule is COc1ccc(S(=O)(=O)N2CCCC(c3nc(CN(C)C)cc(N(C)C)n3)C2)cc1. The summed E-state index contributed by atoms with van der Waals surface area (Å²) in [5.74, 6) is 2.15. The summed E-state index contributed by atoms with van der Waals surface area (Å²) in [5, 5.41) is 0. The molecule has 2 aromatic rings. The van der Waals surface area contributed by atoms with Crippen LogP contribution < -0.4 is 9.64 Å². The molecule has 1 unspecified atom stereocenters. The van der Waals surface area contributed by atoms with E-state index in [-0.39, 0.29) is 10.8 Å². The minimum Gasteiger partial charge on any atom is -0.497 e. The predicted molar refractivity (Wildman–Crippen MR) is 117 cm³/mol. The van der Waals surface area contributed by atoms with Crippen LogP contribution in [0.25, 0.3) is 0 Å². The number of sulfonamides is 1. The normalized spacial score (nSPS) is 17.9. The number of hydrogen-bond acceptors (Lipinski definition) is 7. The maximum absolute atomic E-state index is 13.2. The number of piperidine rings is 1. The van der Waals surface area contributed by atoms with Gasteiger partial charge in [0.25, 0.3) is 0 Å². The zero-order valence-electron chi connectivity index (χ0n) is 18.4. The van der Waals surface area contributed by atoms with Gasteiger partial charge in [0.05, 0.1) is 17.7 Å². The van der Waals surface area contributed by atoms with Crippen molar-refractivity contribution >= 4 is 15.8 Å². The summed E-state index contributed by atoms with van der Waals surface area (Å²) in [7, 11) is 5.88. The lowest BCUT2D eigenvalue weighted by Crippen LogP contribution is -2.39. The second-order valence-electron chi connectivity index (χ2n) is 8.09. The van der Waals surface area contributed by atoms with Crippen molar-refractivity contribution < 1.29 is 13.2 Å². The van der Waals surface area contributed by atoms with Gasteiger partial charge in [0.2, 0.25) is 10.0 Å². The van der Waals surface area contributed by atoms with Gasteiger partial charge in [-0.05, 0) is 51.2 Å². The Morgan fingerprint density at radius 3 is 2.43 bits per heavy atom. The van der Waals surface area contributed by atoms with Crippen LogP contribution in [0.15, 0.2) is 35.2 Å². The predicted octanol–water partition coefficient (Wildman–Crippen LogP) is 2.18. The van der Waals surface area contributed by atoms with Crippen LogP contribution in [0, 0.1) is 0 Å². The van der Waals surface area contributed by atoms with Crippen LogP contribution in [0.3, 0.4) is 0 Å². The number of hydrogen-bond donors (Lipinski definition) is 0. The highest BCUT2D eigenvalue weighted by Crippen LogP contribution is 2.30. The Bertz CT molecular complexity index is 961. The molecule has 0 radical (unpaired) electrons. The minimum absolute atomic E-state index is 0.0346. The summed E-state index contributed by atoms with van der Waals surface area (Å²) in [6, 6.07) is 8.52. The van der Waals surface area contributed by atoms with Gasteiger partial charge in [-0.25, -0.2) is 18.4 Å². The summed E-state index contributed by atoms with van der Waals surface area (Å²) < 4.78 is 33.1. The second-order valence-corrected chi connectivity index (χ2v) is 10.0. The molecule has 9 heteroatoms. The first-order valence-corrected chi connectivity index (χ1v) is 11.5. The third kappa shape index (κ3) is 5.08. The van der Waals surface area contributed by atoms with E-state index in [1.807, 2.05) is 39.2 Å². The fourth-order valence-corrected chi connectivity index (χ4v) is 5.11. The van der Waals surface area contributed by atoms with E-state index < -0.39 is 10.0 Å². The molecule has 1 aliphatic rings. The summed E-state index contributed by atoms with van der Waals surface area (Å²) in [6.07, 6.45) is 1.64. The molecule has 1 atom stereocenters. The molecule has 0 N–H and O–H groups in total. The number of rotatable bonds is 7. The van der Waals surface area contributed by atoms with Gasteiger partial charge in [0.1, 0.15) is 17.4 Å². The molecule has 0 bridgehead atoms. The van der Waals surface area contributed by atoms with E-state index in [1.54, 1.807) is 35.7 Å². The van der Waals surface area contributed by atoms with Crippen molar-refractivity contribution in [3.05, 3.63) is 41.9 Å². The van der Waals surface area contributed by atoms with E-state index in [0.717, 1.165) is 24.4 Å². The molecule has 0 spiro atoms. The van der Waals surface area contributed by atoms with Gasteiger partial charge in [0.15, 0.2) is 0 Å². The number of nitrogens with zero attached hydrogens (tertiary/aromatic N) is 5. The van der Waals surface area contributed by atoms with Gasteiger partial charge < -0.3 is 14.5 Å². The van der Waals surface area contributed by atoms with Crippen LogP contribution in [-0.2, 0) is 16.6 Å². The lowest BCUT2D eigenvalue weighted by molar-refractivity contribution is 0.308. The molecule has 8 nitrogen and oxygen atoms in total. The first-order chi connectivity index (χ1) is 14.2. The Morgan fingerprint density at radius 1 is 1.13 bits per heavy atom. The zero-order valence-corrected chi connectivity index (χ0v) is 19.2. The second kappa shape index (κ2) is 9.28. The Labute approximate surface area is 179 Å². The third-order valence-corrected chi connectivity index (χ3v) is 7.05. The third-order valence-electron chi connectivity index (χ3n) is 5.17. The molecule has 0 amide bonds. The highest BCUT2D eigenvalue weighted by molar-refractivity contribution is 7.89. The Morgan fingerprint density at radius 2 is 1.83 bits per heavy atom. The molecule has 2 heterocycles. The molecular weight excluding hydrogens is 402 g/mol. The molecule has 1 aromatic carbocycles. The highest BCUT2D eigenvalue weighted by Gasteiger charge is 2.32. The number of ether oxygens (including phenoxy) is 1. The van der Waals surface area contributed by atoms with Crippen LogP contribution in [0.4, 0.5) is 5.82 Å². The maximum atomic E-state index is 13.2. The lowest BCUT2D eigenvalue weighted by Gasteiger charge is -2.31. The fraction of sp³-hybridized carbons (Fsp3) is 0.524. The fourth-order valence-electron chi connectivity index (χ4n) is 3.59. The quantitative estimate of drug-likeness (QED) is 0.662. The van der Waals surface area contributed by atoms with Crippen LogP contribution in [-0.4, -0.2) is 76.0 Å². The van der Waals surface area contributed by atoms with E-state index in [4.69, 9.17) is 14.7 Å². The molecule has 164 valence electrons. The van der Waals surface area contributed by atoms with Crippen molar-refractivity contribution in [2.45, 2.75) is 30.2 Å². The lowest BCUT2D eigenvalue weighted by atomic mass is 9.98. The van der Waals surface area contributed by atoms with Gasteiger partial charge in [-0.2, -0.15) is 4.31 Å².